The van der Waals surface area contributed by atoms with E-state index < -0.39 is 16.0 Å². The first kappa shape index (κ1) is 25.7. The Bertz CT molecular complexity index is 738. The number of sulfonamides is 1. The van der Waals surface area contributed by atoms with Crippen molar-refractivity contribution in [2.24, 2.45) is 5.14 Å². The maximum absolute atomic E-state index is 11.5. The Kier molecular flexibility index (Phi) is 12.3. The van der Waals surface area contributed by atoms with Crippen LogP contribution in [0.4, 0.5) is 5.69 Å². The number of rotatable bonds is 16. The lowest BCUT2D eigenvalue weighted by molar-refractivity contribution is 0.0697. The molecule has 29 heavy (non-hydrogen) atoms. The van der Waals surface area contributed by atoms with E-state index in [1.165, 1.54) is 63.9 Å². The highest BCUT2D eigenvalue weighted by Gasteiger charge is 2.20. The van der Waals surface area contributed by atoms with Crippen molar-refractivity contribution in [1.29, 1.82) is 0 Å². The Morgan fingerprint density at radius 1 is 0.966 bits per heavy atom. The fraction of sp³-hybridized carbons (Fsp3) is 0.667. The fourth-order valence-electron chi connectivity index (χ4n) is 3.28. The second-order valence-electron chi connectivity index (χ2n) is 7.49. The van der Waals surface area contributed by atoms with E-state index in [9.17, 15) is 18.3 Å². The number of carboxylic acids is 1. The molecule has 6 nitrogen and oxygen atoms in total. The van der Waals surface area contributed by atoms with E-state index in [-0.39, 0.29) is 15.5 Å². The first-order valence-electron chi connectivity index (χ1n) is 10.6. The number of hydrogen-bond donors (Lipinski definition) is 3. The Labute approximate surface area is 180 Å². The number of nitrogens with two attached hydrogens (primary N) is 1. The van der Waals surface area contributed by atoms with Gasteiger partial charge in [-0.1, -0.05) is 89.2 Å². The molecule has 1 rings (SSSR count). The lowest BCUT2D eigenvalue weighted by Gasteiger charge is -2.12. The topological polar surface area (TPSA) is 109 Å². The molecule has 0 aliphatic heterocycles. The zero-order valence-electron chi connectivity index (χ0n) is 17.4. The summed E-state index contributed by atoms with van der Waals surface area (Å²) >= 11 is 5.96. The molecule has 0 spiro atoms. The molecule has 0 saturated carbocycles. The largest absolute Gasteiger partial charge is 0.478 e. The van der Waals surface area contributed by atoms with Gasteiger partial charge in [0.15, 0.2) is 0 Å². The van der Waals surface area contributed by atoms with E-state index in [0.717, 1.165) is 25.3 Å². The van der Waals surface area contributed by atoms with Crippen molar-refractivity contribution in [3.05, 3.63) is 22.7 Å². The summed E-state index contributed by atoms with van der Waals surface area (Å²) in [5, 5.41) is 17.4. The summed E-state index contributed by atoms with van der Waals surface area (Å²) in [6, 6.07) is 2.32. The molecule has 1 aromatic carbocycles. The van der Waals surface area contributed by atoms with Crippen molar-refractivity contribution in [2.45, 2.75) is 88.9 Å². The van der Waals surface area contributed by atoms with E-state index in [2.05, 4.69) is 12.2 Å². The summed E-state index contributed by atoms with van der Waals surface area (Å²) in [5.41, 5.74) is 0.148. The van der Waals surface area contributed by atoms with E-state index in [4.69, 9.17) is 16.7 Å². The number of anilines is 1. The molecule has 8 heteroatoms. The number of aromatic carboxylic acids is 1. The second-order valence-corrected chi connectivity index (χ2v) is 9.43. The van der Waals surface area contributed by atoms with Crippen molar-refractivity contribution >= 4 is 33.3 Å². The predicted octanol–water partition coefficient (Wildman–Crippen LogP) is 5.80. The zero-order chi connectivity index (χ0) is 21.7. The van der Waals surface area contributed by atoms with Crippen LogP contribution in [0.2, 0.25) is 5.02 Å². The third kappa shape index (κ3) is 10.3. The molecule has 4 N–H and O–H groups in total. The summed E-state index contributed by atoms with van der Waals surface area (Å²) in [5.74, 6) is -1.23. The van der Waals surface area contributed by atoms with Crippen LogP contribution >= 0.6 is 11.6 Å². The van der Waals surface area contributed by atoms with Crippen molar-refractivity contribution < 1.29 is 18.3 Å². The van der Waals surface area contributed by atoms with Crippen molar-refractivity contribution in [2.75, 3.05) is 11.9 Å². The van der Waals surface area contributed by atoms with E-state index in [0.29, 0.717) is 12.2 Å². The zero-order valence-corrected chi connectivity index (χ0v) is 19.0. The predicted molar refractivity (Wildman–Crippen MR) is 119 cm³/mol. The normalized spacial score (nSPS) is 11.6. The SMILES string of the molecule is CCCCCCCCCCCCCCNc1cc(Cl)c(S(N)(=O)=O)cc1C(=O)O. The van der Waals surface area contributed by atoms with Gasteiger partial charge in [0, 0.05) is 6.54 Å². The van der Waals surface area contributed by atoms with Crippen LogP contribution in [0.3, 0.4) is 0 Å². The minimum absolute atomic E-state index is 0.0882. The van der Waals surface area contributed by atoms with Crippen LogP contribution in [0.1, 0.15) is 94.3 Å². The number of carboxylic acid groups (broad SMARTS) is 1. The molecule has 0 radical (unpaired) electrons. The molecule has 0 unspecified atom stereocenters. The van der Waals surface area contributed by atoms with Gasteiger partial charge in [-0.25, -0.2) is 18.4 Å². The van der Waals surface area contributed by atoms with Crippen LogP contribution in [-0.4, -0.2) is 26.0 Å². The number of halogens is 1. The third-order valence-corrected chi connectivity index (χ3v) is 6.33. The maximum atomic E-state index is 11.5. The standard InChI is InChI=1S/C21H35ClN2O4S/c1-2-3-4-5-6-7-8-9-10-11-12-13-14-24-19-16-18(22)20(29(23,27)28)15-17(19)21(25)26/h15-16,24H,2-14H2,1H3,(H,25,26)(H2,23,27,28). The summed E-state index contributed by atoms with van der Waals surface area (Å²) in [7, 11) is -4.08. The summed E-state index contributed by atoms with van der Waals surface area (Å²) in [6.45, 7) is 2.84. The Morgan fingerprint density at radius 3 is 1.90 bits per heavy atom. The lowest BCUT2D eigenvalue weighted by Crippen LogP contribution is -2.15. The van der Waals surface area contributed by atoms with Crippen molar-refractivity contribution in [1.82, 2.24) is 0 Å². The van der Waals surface area contributed by atoms with Gasteiger partial charge in [0.05, 0.1) is 16.3 Å². The van der Waals surface area contributed by atoms with Crippen LogP contribution in [-0.2, 0) is 10.0 Å². The van der Waals surface area contributed by atoms with Crippen LogP contribution in [0.5, 0.6) is 0 Å². The molecule has 0 fully saturated rings. The van der Waals surface area contributed by atoms with Gasteiger partial charge in [-0.2, -0.15) is 0 Å². The average Bonchev–Trinajstić information content (AvgIpc) is 2.64. The smallest absolute Gasteiger partial charge is 0.337 e. The number of primary sulfonamides is 1. The van der Waals surface area contributed by atoms with Gasteiger partial charge < -0.3 is 10.4 Å². The van der Waals surface area contributed by atoms with Crippen LogP contribution in [0.25, 0.3) is 0 Å². The highest BCUT2D eigenvalue weighted by molar-refractivity contribution is 7.89. The van der Waals surface area contributed by atoms with Gasteiger partial charge >= 0.3 is 5.97 Å². The highest BCUT2D eigenvalue weighted by Crippen LogP contribution is 2.28. The molecular weight excluding hydrogens is 412 g/mol. The van der Waals surface area contributed by atoms with Gasteiger partial charge in [0.25, 0.3) is 0 Å². The first-order chi connectivity index (χ1) is 13.8. The maximum Gasteiger partial charge on any atom is 0.337 e. The molecule has 0 amide bonds. The van der Waals surface area contributed by atoms with Gasteiger partial charge in [-0.3, -0.25) is 0 Å². The molecule has 0 aliphatic rings. The fourth-order valence-corrected chi connectivity index (χ4v) is 4.38. The van der Waals surface area contributed by atoms with Gasteiger partial charge in [0.2, 0.25) is 10.0 Å². The monoisotopic (exact) mass is 446 g/mol. The first-order valence-corrected chi connectivity index (χ1v) is 12.5. The Balaban J connectivity index is 2.28. The molecule has 0 aromatic heterocycles. The van der Waals surface area contributed by atoms with Crippen LogP contribution in [0, 0.1) is 0 Å². The molecule has 0 aliphatic carbocycles. The Hall–Kier alpha value is -1.31. The minimum atomic E-state index is -4.08. The van der Waals surface area contributed by atoms with Gasteiger partial charge in [-0.15, -0.1) is 0 Å². The van der Waals surface area contributed by atoms with Gasteiger partial charge in [-0.05, 0) is 18.6 Å². The van der Waals surface area contributed by atoms with Crippen molar-refractivity contribution in [3.63, 3.8) is 0 Å². The van der Waals surface area contributed by atoms with E-state index in [1.54, 1.807) is 0 Å². The highest BCUT2D eigenvalue weighted by atomic mass is 35.5. The van der Waals surface area contributed by atoms with Crippen LogP contribution in [0.15, 0.2) is 17.0 Å². The minimum Gasteiger partial charge on any atom is -0.478 e. The van der Waals surface area contributed by atoms with E-state index >= 15 is 0 Å². The number of carbonyl (C=O) groups is 1. The van der Waals surface area contributed by atoms with Gasteiger partial charge in [0.1, 0.15) is 4.90 Å². The summed E-state index contributed by atoms with van der Waals surface area (Å²) < 4.78 is 23.0. The second kappa shape index (κ2) is 13.8. The average molecular weight is 447 g/mol. The van der Waals surface area contributed by atoms with E-state index in [1.807, 2.05) is 0 Å². The number of hydrogen-bond acceptors (Lipinski definition) is 4. The summed E-state index contributed by atoms with van der Waals surface area (Å²) in [4.78, 5) is 11.0. The molecule has 0 heterocycles. The third-order valence-electron chi connectivity index (χ3n) is 4.95. The number of nitrogens with one attached hydrogen (secondary N) is 1. The van der Waals surface area contributed by atoms with Crippen LogP contribution < -0.4 is 10.5 Å². The van der Waals surface area contributed by atoms with Crippen molar-refractivity contribution in [3.8, 4) is 0 Å². The lowest BCUT2D eigenvalue weighted by atomic mass is 10.1. The quantitative estimate of drug-likeness (QED) is 0.278. The summed E-state index contributed by atoms with van der Waals surface area (Å²) in [6.07, 6.45) is 15.0. The number of unbranched alkanes of at least 4 members (excludes halogenated alkanes) is 11. The molecular formula is C21H35ClN2O4S. The molecule has 166 valence electrons. The molecule has 0 saturated heterocycles. The number of benzene rings is 1. The molecule has 0 atom stereocenters. The Morgan fingerprint density at radius 2 is 1.45 bits per heavy atom. The molecule has 1 aromatic rings. The molecule has 0 bridgehead atoms.